The molecule has 1 aromatic carbocycles. The molecule has 0 aliphatic heterocycles. The molecule has 13 heteroatoms. The number of alkyl carbamates (subject to hydrolysis) is 1. The van der Waals surface area contributed by atoms with Crippen molar-refractivity contribution in [2.75, 3.05) is 20.2 Å². The number of methoxy groups -OCH3 is 1. The van der Waals surface area contributed by atoms with E-state index in [1.165, 1.54) is 12.1 Å². The van der Waals surface area contributed by atoms with Crippen molar-refractivity contribution >= 4 is 29.8 Å². The number of nitrogens with two attached hydrogens (primary N) is 1. The smallest absolute Gasteiger partial charge is 0.408 e. The number of benzene rings is 1. The minimum absolute atomic E-state index is 0.0307. The van der Waals surface area contributed by atoms with Crippen molar-refractivity contribution in [1.29, 1.82) is 5.26 Å². The fourth-order valence-corrected chi connectivity index (χ4v) is 3.25. The maximum absolute atomic E-state index is 13.7. The number of para-hydroxylation sites is 1. The Morgan fingerprint density at radius 2 is 1.86 bits per heavy atom. The van der Waals surface area contributed by atoms with Gasteiger partial charge in [0.05, 0.1) is 13.2 Å². The topological polar surface area (TPSA) is 201 Å². The molecular weight excluding hydrogens is 486 g/mol. The molecule has 1 aromatic rings. The summed E-state index contributed by atoms with van der Waals surface area (Å²) < 4.78 is 9.72. The Labute approximate surface area is 214 Å². The summed E-state index contributed by atoms with van der Waals surface area (Å²) in [6.45, 7) is 5.20. The Hall–Kier alpha value is -4.34. The molecule has 0 fully saturated rings. The third kappa shape index (κ3) is 9.67. The highest BCUT2D eigenvalue weighted by atomic mass is 16.6. The normalized spacial score (nSPS) is 12.3. The first kappa shape index (κ1) is 30.7. The number of amides is 4. The van der Waals surface area contributed by atoms with E-state index in [0.29, 0.717) is 5.56 Å². The molecule has 0 radical (unpaired) electrons. The van der Waals surface area contributed by atoms with Crippen molar-refractivity contribution in [3.63, 3.8) is 0 Å². The second-order valence-electron chi connectivity index (χ2n) is 9.04. The van der Waals surface area contributed by atoms with Gasteiger partial charge in [-0.1, -0.05) is 18.2 Å². The molecule has 0 aromatic heterocycles. The lowest BCUT2D eigenvalue weighted by molar-refractivity contribution is -0.144. The summed E-state index contributed by atoms with van der Waals surface area (Å²) in [6, 6.07) is 3.26. The first-order valence-corrected chi connectivity index (χ1v) is 11.3. The van der Waals surface area contributed by atoms with Crippen LogP contribution >= 0.6 is 0 Å². The molecule has 0 bridgehead atoms. The third-order valence-corrected chi connectivity index (χ3v) is 4.95. The third-order valence-electron chi connectivity index (χ3n) is 4.95. The van der Waals surface area contributed by atoms with Crippen LogP contribution in [0.25, 0.3) is 0 Å². The fourth-order valence-electron chi connectivity index (χ4n) is 3.25. The van der Waals surface area contributed by atoms with Crippen LogP contribution in [0.2, 0.25) is 0 Å². The Morgan fingerprint density at radius 1 is 1.22 bits per heavy atom. The average Bonchev–Trinajstić information content (AvgIpc) is 2.80. The number of primary amides is 1. The number of nitrogens with zero attached hydrogens (tertiary/aromatic N) is 2. The van der Waals surface area contributed by atoms with Crippen molar-refractivity contribution in [2.45, 2.75) is 58.2 Å². The van der Waals surface area contributed by atoms with Gasteiger partial charge in [0.2, 0.25) is 17.7 Å². The summed E-state index contributed by atoms with van der Waals surface area (Å²) in [6.07, 6.45) is -1.54. The molecule has 37 heavy (non-hydrogen) atoms. The number of phenolic OH excluding ortho intramolecular Hbond substituents is 1. The molecule has 0 aliphatic carbocycles. The first-order chi connectivity index (χ1) is 17.2. The number of aromatic hydroxyl groups is 1. The van der Waals surface area contributed by atoms with Crippen LogP contribution < -0.4 is 16.4 Å². The monoisotopic (exact) mass is 519 g/mol. The van der Waals surface area contributed by atoms with Gasteiger partial charge in [-0.2, -0.15) is 5.26 Å². The number of esters is 1. The average molecular weight is 520 g/mol. The predicted molar refractivity (Wildman–Crippen MR) is 130 cm³/mol. The lowest BCUT2D eigenvalue weighted by atomic mass is 9.98. The maximum Gasteiger partial charge on any atom is 0.408 e. The molecule has 2 atom stereocenters. The molecule has 13 nitrogen and oxygen atoms in total. The van der Waals surface area contributed by atoms with Gasteiger partial charge in [0, 0.05) is 12.0 Å². The largest absolute Gasteiger partial charge is 0.507 e. The van der Waals surface area contributed by atoms with Crippen molar-refractivity contribution in [1.82, 2.24) is 15.5 Å². The lowest BCUT2D eigenvalue weighted by Crippen LogP contribution is -2.53. The Kier molecular flexibility index (Phi) is 11.3. The first-order valence-electron chi connectivity index (χ1n) is 11.3. The van der Waals surface area contributed by atoms with Crippen LogP contribution in [0.5, 0.6) is 5.75 Å². The van der Waals surface area contributed by atoms with E-state index >= 15 is 0 Å². The molecule has 1 rings (SSSR count). The van der Waals surface area contributed by atoms with Crippen molar-refractivity contribution in [3.05, 3.63) is 29.3 Å². The zero-order valence-corrected chi connectivity index (χ0v) is 21.5. The molecular formula is C24H33N5O8. The summed E-state index contributed by atoms with van der Waals surface area (Å²) >= 11 is 0. The summed E-state index contributed by atoms with van der Waals surface area (Å²) in [5, 5.41) is 24.8. The molecule has 0 aliphatic rings. The standard InChI is InChI=1S/C24H33N5O8/c1-14-7-6-8-15(20(14)32)19(21(33)27-13-18(31)36-5)29(12-11-25)22(34)16(9-10-17(26)30)28-23(35)37-24(2,3)4/h6-8,16,19,32H,9-10,12-13H2,1-5H3,(H2,26,30)(H,27,33)(H,28,35). The lowest BCUT2D eigenvalue weighted by Gasteiger charge is -2.33. The quantitative estimate of drug-likeness (QED) is 0.238. The van der Waals surface area contributed by atoms with Crippen LogP contribution in [0.3, 0.4) is 0 Å². The Balaban J connectivity index is 3.53. The van der Waals surface area contributed by atoms with Gasteiger partial charge in [-0.05, 0) is 39.7 Å². The van der Waals surface area contributed by atoms with E-state index in [1.807, 2.05) is 0 Å². The predicted octanol–water partition coefficient (Wildman–Crippen LogP) is 0.542. The molecule has 0 saturated heterocycles. The fraction of sp³-hybridized carbons (Fsp3) is 0.500. The summed E-state index contributed by atoms with van der Waals surface area (Å²) in [4.78, 5) is 63.1. The van der Waals surface area contributed by atoms with Crippen LogP contribution in [0.4, 0.5) is 4.79 Å². The second-order valence-corrected chi connectivity index (χ2v) is 9.04. The van der Waals surface area contributed by atoms with E-state index in [0.717, 1.165) is 12.0 Å². The van der Waals surface area contributed by atoms with E-state index in [2.05, 4.69) is 15.4 Å². The van der Waals surface area contributed by atoms with Gasteiger partial charge >= 0.3 is 12.1 Å². The van der Waals surface area contributed by atoms with Gasteiger partial charge in [0.1, 0.15) is 36.5 Å². The van der Waals surface area contributed by atoms with Crippen LogP contribution in [-0.4, -0.2) is 71.6 Å². The molecule has 2 unspecified atom stereocenters. The van der Waals surface area contributed by atoms with Crippen molar-refractivity contribution < 1.29 is 38.6 Å². The van der Waals surface area contributed by atoms with E-state index in [-0.39, 0.29) is 24.2 Å². The zero-order chi connectivity index (χ0) is 28.3. The Bertz CT molecular complexity index is 1060. The highest BCUT2D eigenvalue weighted by molar-refractivity contribution is 5.94. The van der Waals surface area contributed by atoms with E-state index in [4.69, 9.17) is 10.5 Å². The van der Waals surface area contributed by atoms with Crippen LogP contribution in [-0.2, 0) is 28.7 Å². The number of nitriles is 1. The minimum atomic E-state index is -1.59. The van der Waals surface area contributed by atoms with Crippen LogP contribution in [0, 0.1) is 18.3 Å². The van der Waals surface area contributed by atoms with Crippen LogP contribution in [0.15, 0.2) is 18.2 Å². The summed E-state index contributed by atoms with van der Waals surface area (Å²) in [5.74, 6) is -3.66. The zero-order valence-electron chi connectivity index (χ0n) is 21.5. The second kappa shape index (κ2) is 13.7. The van der Waals surface area contributed by atoms with Gasteiger partial charge in [-0.3, -0.25) is 19.2 Å². The number of rotatable bonds is 11. The number of aryl methyl sites for hydroxylation is 1. The number of ether oxygens (including phenoxy) is 2. The molecule has 0 spiro atoms. The van der Waals surface area contributed by atoms with Gasteiger partial charge in [-0.15, -0.1) is 0 Å². The maximum atomic E-state index is 13.7. The SMILES string of the molecule is COC(=O)CNC(=O)C(c1cccc(C)c1O)N(CC#N)C(=O)C(CCC(N)=O)NC(=O)OC(C)(C)C. The van der Waals surface area contributed by atoms with Gasteiger partial charge in [0.15, 0.2) is 0 Å². The molecule has 0 saturated carbocycles. The van der Waals surface area contributed by atoms with E-state index in [1.54, 1.807) is 39.8 Å². The summed E-state index contributed by atoms with van der Waals surface area (Å²) in [7, 11) is 1.12. The number of nitrogens with one attached hydrogen (secondary N) is 2. The van der Waals surface area contributed by atoms with Crippen molar-refractivity contribution in [2.24, 2.45) is 5.73 Å². The number of hydrogen-bond acceptors (Lipinski definition) is 9. The highest BCUT2D eigenvalue weighted by Gasteiger charge is 2.38. The minimum Gasteiger partial charge on any atom is -0.507 e. The van der Waals surface area contributed by atoms with E-state index < -0.39 is 60.6 Å². The number of carbonyl (C=O) groups is 5. The molecule has 202 valence electrons. The van der Waals surface area contributed by atoms with Gasteiger partial charge < -0.3 is 35.8 Å². The molecule has 5 N–H and O–H groups in total. The van der Waals surface area contributed by atoms with Gasteiger partial charge in [-0.25, -0.2) is 4.79 Å². The number of hydrogen-bond donors (Lipinski definition) is 4. The molecule has 0 heterocycles. The van der Waals surface area contributed by atoms with Gasteiger partial charge in [0.25, 0.3) is 0 Å². The van der Waals surface area contributed by atoms with Crippen molar-refractivity contribution in [3.8, 4) is 11.8 Å². The van der Waals surface area contributed by atoms with Crippen LogP contribution in [0.1, 0.15) is 50.8 Å². The van der Waals surface area contributed by atoms with E-state index in [9.17, 15) is 34.3 Å². The Morgan fingerprint density at radius 3 is 2.41 bits per heavy atom. The summed E-state index contributed by atoms with van der Waals surface area (Å²) in [5.41, 5.74) is 4.67. The molecule has 4 amide bonds. The number of phenols is 1. The highest BCUT2D eigenvalue weighted by Crippen LogP contribution is 2.32. The number of carbonyl (C=O) groups excluding carboxylic acids is 5.